The number of carbonyl (C=O) groups is 2. The normalized spacial score (nSPS) is 11.1. The van der Waals surface area contributed by atoms with Crippen molar-refractivity contribution in [3.05, 3.63) is 6.20 Å². The summed E-state index contributed by atoms with van der Waals surface area (Å²) in [5.74, 6) is -0.938. The van der Waals surface area contributed by atoms with Gasteiger partial charge in [-0.2, -0.15) is 0 Å². The highest BCUT2D eigenvalue weighted by molar-refractivity contribution is 5.75. The van der Waals surface area contributed by atoms with Gasteiger partial charge in [0.25, 0.3) is 0 Å². The van der Waals surface area contributed by atoms with E-state index in [2.05, 4.69) is 5.32 Å². The van der Waals surface area contributed by atoms with E-state index >= 15 is 0 Å². The molecule has 0 aromatic carbocycles. The lowest BCUT2D eigenvalue weighted by atomic mass is 10.1. The van der Waals surface area contributed by atoms with E-state index in [1.807, 2.05) is 0 Å². The average molecular weight is 187 g/mol. The summed E-state index contributed by atoms with van der Waals surface area (Å²) < 4.78 is 0. The van der Waals surface area contributed by atoms with Gasteiger partial charge in [0, 0.05) is 6.42 Å². The second-order valence-corrected chi connectivity index (χ2v) is 2.25. The van der Waals surface area contributed by atoms with Gasteiger partial charge in [-0.3, -0.25) is 4.79 Å². The van der Waals surface area contributed by atoms with Gasteiger partial charge in [-0.1, -0.05) is 0 Å². The number of carboxylic acid groups (broad SMARTS) is 2. The number of hydrogen-bond acceptors (Lipinski definition) is 4. The number of hydrogen-bond donors (Lipinski definition) is 3. The van der Waals surface area contributed by atoms with E-state index in [4.69, 9.17) is 10.2 Å². The highest BCUT2D eigenvalue weighted by atomic mass is 16.4. The van der Waals surface area contributed by atoms with Crippen LogP contribution < -0.4 is 5.32 Å². The minimum Gasteiger partial charge on any atom is -0.481 e. The maximum Gasteiger partial charge on any atom is 0.326 e. The van der Waals surface area contributed by atoms with Crippen LogP contribution in [-0.2, 0) is 14.4 Å². The van der Waals surface area contributed by atoms with Crippen molar-refractivity contribution in [2.75, 3.05) is 0 Å². The number of nitrogens with one attached hydrogen (secondary N) is 1. The van der Waals surface area contributed by atoms with Crippen LogP contribution in [0.25, 0.3) is 0 Å². The lowest BCUT2D eigenvalue weighted by molar-refractivity contribution is -0.140. The third-order valence-electron chi connectivity index (χ3n) is 1.29. The van der Waals surface area contributed by atoms with Crippen LogP contribution >= 0.6 is 0 Å². The summed E-state index contributed by atoms with van der Waals surface area (Å²) in [6.45, 7) is 0. The Kier molecular flexibility index (Phi) is 4.99. The molecule has 1 atom stereocenters. The minimum absolute atomic E-state index is 0.0805. The molecule has 0 aromatic heterocycles. The van der Waals surface area contributed by atoms with Gasteiger partial charge in [-0.05, 0) is 6.42 Å². The minimum atomic E-state index is -1.20. The molecule has 0 aliphatic rings. The molecule has 0 aliphatic heterocycles. The Morgan fingerprint density at radius 2 is 2.08 bits per heavy atom. The predicted octanol–water partition coefficient (Wildman–Crippen LogP) is -0.761. The van der Waals surface area contributed by atoms with Crippen LogP contribution in [0.3, 0.4) is 0 Å². The van der Waals surface area contributed by atoms with Gasteiger partial charge >= 0.3 is 11.9 Å². The van der Waals surface area contributed by atoms with Crippen molar-refractivity contribution in [1.29, 1.82) is 0 Å². The maximum absolute atomic E-state index is 10.4. The van der Waals surface area contributed by atoms with E-state index < -0.39 is 18.0 Å². The molecule has 0 aromatic rings. The zero-order chi connectivity index (χ0) is 10.3. The van der Waals surface area contributed by atoms with Gasteiger partial charge < -0.3 is 15.5 Å². The Morgan fingerprint density at radius 3 is 2.46 bits per heavy atom. The van der Waals surface area contributed by atoms with Crippen molar-refractivity contribution in [2.45, 2.75) is 18.9 Å². The molecule has 0 rings (SSSR count). The Morgan fingerprint density at radius 1 is 1.46 bits per heavy atom. The van der Waals surface area contributed by atoms with Crippen molar-refractivity contribution in [2.24, 2.45) is 0 Å². The zero-order valence-electron chi connectivity index (χ0n) is 6.69. The number of rotatable bonds is 6. The summed E-state index contributed by atoms with van der Waals surface area (Å²) in [7, 11) is 0. The molecule has 0 amide bonds. The first kappa shape index (κ1) is 11.2. The molecule has 6 nitrogen and oxygen atoms in total. The molecule has 0 saturated heterocycles. The summed E-state index contributed by atoms with van der Waals surface area (Å²) in [6, 6.07) is -1.06. The zero-order valence-corrected chi connectivity index (χ0v) is 6.69. The maximum atomic E-state index is 10.4. The van der Waals surface area contributed by atoms with E-state index in [1.165, 1.54) is 5.94 Å². The summed E-state index contributed by atoms with van der Waals surface area (Å²) in [6.07, 6.45) is 0.458. The summed E-state index contributed by atoms with van der Waals surface area (Å²) in [4.78, 5) is 30.2. The molecule has 0 bridgehead atoms. The first-order chi connectivity index (χ1) is 6.07. The van der Waals surface area contributed by atoms with Crippen LogP contribution in [0.1, 0.15) is 12.8 Å². The third kappa shape index (κ3) is 5.46. The van der Waals surface area contributed by atoms with Crippen LogP contribution in [0.5, 0.6) is 0 Å². The Balaban J connectivity index is 4.01. The molecule has 0 spiro atoms. The van der Waals surface area contributed by atoms with Gasteiger partial charge in [0.15, 0.2) is 0 Å². The van der Waals surface area contributed by atoms with Gasteiger partial charge in [0.2, 0.25) is 0 Å². The van der Waals surface area contributed by atoms with Crippen LogP contribution in [-0.4, -0.2) is 34.1 Å². The van der Waals surface area contributed by atoms with Crippen molar-refractivity contribution in [1.82, 2.24) is 5.32 Å². The summed E-state index contributed by atoms with van der Waals surface area (Å²) >= 11 is 0. The van der Waals surface area contributed by atoms with E-state index in [0.29, 0.717) is 0 Å². The molecule has 6 heteroatoms. The largest absolute Gasteiger partial charge is 0.481 e. The first-order valence-corrected chi connectivity index (χ1v) is 3.48. The van der Waals surface area contributed by atoms with Crippen LogP contribution in [0.2, 0.25) is 0 Å². The summed E-state index contributed by atoms with van der Waals surface area (Å²) in [5.41, 5.74) is 0. The van der Waals surface area contributed by atoms with Gasteiger partial charge in [-0.15, -0.1) is 0 Å². The quantitative estimate of drug-likeness (QED) is 0.472. The molecule has 3 N–H and O–H groups in total. The molecular weight excluding hydrogens is 178 g/mol. The molecule has 1 unspecified atom stereocenters. The Labute approximate surface area is 73.9 Å². The van der Waals surface area contributed by atoms with Crippen molar-refractivity contribution >= 4 is 17.9 Å². The first-order valence-electron chi connectivity index (χ1n) is 3.48. The number of aliphatic carboxylic acids is 2. The molecule has 13 heavy (non-hydrogen) atoms. The van der Waals surface area contributed by atoms with E-state index in [1.54, 1.807) is 0 Å². The second-order valence-electron chi connectivity index (χ2n) is 2.25. The average Bonchev–Trinajstić information content (AvgIpc) is 2.03. The summed E-state index contributed by atoms with van der Waals surface area (Å²) in [5, 5.41) is 19.0. The predicted molar refractivity (Wildman–Crippen MR) is 41.7 cm³/mol. The molecule has 0 fully saturated rings. The molecule has 72 valence electrons. The standard InChI is InChI=1S/C7H9NO5/c9-4-3-8-5(7(12)13)1-2-6(10)11/h3,5,8H,1-2H2,(H,10,11)(H,12,13). The van der Waals surface area contributed by atoms with Crippen molar-refractivity contribution < 1.29 is 24.6 Å². The van der Waals surface area contributed by atoms with Gasteiger partial charge in [0.1, 0.15) is 12.0 Å². The Bertz CT molecular complexity index is 243. The van der Waals surface area contributed by atoms with Crippen molar-refractivity contribution in [3.8, 4) is 0 Å². The number of carboxylic acids is 2. The number of carbonyl (C=O) groups excluding carboxylic acids is 1. The molecule has 0 radical (unpaired) electrons. The van der Waals surface area contributed by atoms with Gasteiger partial charge in [-0.25, -0.2) is 9.59 Å². The van der Waals surface area contributed by atoms with Crippen LogP contribution in [0, 0.1) is 0 Å². The smallest absolute Gasteiger partial charge is 0.326 e. The van der Waals surface area contributed by atoms with Crippen molar-refractivity contribution in [3.63, 3.8) is 0 Å². The fourth-order valence-electron chi connectivity index (χ4n) is 0.681. The van der Waals surface area contributed by atoms with E-state index in [9.17, 15) is 14.4 Å². The lowest BCUT2D eigenvalue weighted by Gasteiger charge is -2.09. The fraction of sp³-hybridized carbons (Fsp3) is 0.429. The highest BCUT2D eigenvalue weighted by Gasteiger charge is 2.16. The molecular formula is C7H9NO5. The molecule has 0 heterocycles. The fourth-order valence-corrected chi connectivity index (χ4v) is 0.681. The lowest BCUT2D eigenvalue weighted by Crippen LogP contribution is -2.33. The third-order valence-corrected chi connectivity index (χ3v) is 1.29. The SMILES string of the molecule is O=C=CNC(CCC(=O)O)C(=O)O. The van der Waals surface area contributed by atoms with Gasteiger partial charge in [0.05, 0.1) is 6.20 Å². The molecule has 0 aliphatic carbocycles. The molecule has 0 saturated carbocycles. The Hall–Kier alpha value is -1.81. The van der Waals surface area contributed by atoms with Crippen LogP contribution in [0.4, 0.5) is 0 Å². The monoisotopic (exact) mass is 187 g/mol. The topological polar surface area (TPSA) is 104 Å². The van der Waals surface area contributed by atoms with E-state index in [-0.39, 0.29) is 12.8 Å². The second kappa shape index (κ2) is 5.79. The van der Waals surface area contributed by atoms with E-state index in [0.717, 1.165) is 6.20 Å². The van der Waals surface area contributed by atoms with Crippen LogP contribution in [0.15, 0.2) is 6.20 Å². The highest BCUT2D eigenvalue weighted by Crippen LogP contribution is 1.97.